The molecule has 1 saturated heterocycles. The highest BCUT2D eigenvalue weighted by Crippen LogP contribution is 2.16. The van der Waals surface area contributed by atoms with Gasteiger partial charge in [-0.3, -0.25) is 9.69 Å². The van der Waals surface area contributed by atoms with E-state index >= 15 is 0 Å². The Hall–Kier alpha value is -0.610. The Morgan fingerprint density at radius 1 is 1.29 bits per heavy atom. The number of nitrogens with zero attached hydrogens (tertiary/aromatic N) is 1. The molecule has 0 spiro atoms. The quantitative estimate of drug-likeness (QED) is 0.687. The van der Waals surface area contributed by atoms with Crippen LogP contribution in [0.3, 0.4) is 0 Å². The molecular formula is C17H35N3O. The van der Waals surface area contributed by atoms with E-state index < -0.39 is 0 Å². The average molecular weight is 297 g/mol. The van der Waals surface area contributed by atoms with E-state index in [1.165, 1.54) is 19.3 Å². The number of nitrogens with one attached hydrogen (secondary N) is 2. The van der Waals surface area contributed by atoms with Gasteiger partial charge in [0.1, 0.15) is 0 Å². The standard InChI is InChI=1S/C17H35N3O/c1-5-8-15(4)19-17(21)13-20-10-7-6-9-16(20)12-18-11-14(2)3/h14-16,18H,5-13H2,1-4H3,(H,19,21). The third-order valence-corrected chi connectivity index (χ3v) is 4.16. The third-order valence-electron chi connectivity index (χ3n) is 4.16. The molecule has 1 fully saturated rings. The minimum absolute atomic E-state index is 0.187. The first-order valence-electron chi connectivity index (χ1n) is 8.77. The van der Waals surface area contributed by atoms with Crippen molar-refractivity contribution in [3.8, 4) is 0 Å². The molecule has 124 valence electrons. The highest BCUT2D eigenvalue weighted by atomic mass is 16.2. The van der Waals surface area contributed by atoms with Gasteiger partial charge in [0.05, 0.1) is 6.54 Å². The molecule has 0 radical (unpaired) electrons. The smallest absolute Gasteiger partial charge is 0.234 e. The molecule has 4 nitrogen and oxygen atoms in total. The first-order valence-corrected chi connectivity index (χ1v) is 8.77. The van der Waals surface area contributed by atoms with Gasteiger partial charge in [0.15, 0.2) is 0 Å². The van der Waals surface area contributed by atoms with E-state index in [0.29, 0.717) is 24.5 Å². The normalized spacial score (nSPS) is 21.5. The van der Waals surface area contributed by atoms with Crippen LogP contribution in [-0.2, 0) is 4.79 Å². The molecule has 1 aliphatic heterocycles. The Labute approximate surface area is 131 Å². The fraction of sp³-hybridized carbons (Fsp3) is 0.941. The van der Waals surface area contributed by atoms with Gasteiger partial charge in [0, 0.05) is 18.6 Å². The number of hydrogen-bond donors (Lipinski definition) is 2. The second kappa shape index (κ2) is 10.2. The first kappa shape index (κ1) is 18.4. The number of piperidine rings is 1. The minimum Gasteiger partial charge on any atom is -0.353 e. The maximum Gasteiger partial charge on any atom is 0.234 e. The summed E-state index contributed by atoms with van der Waals surface area (Å²) in [6.45, 7) is 12.4. The van der Waals surface area contributed by atoms with Gasteiger partial charge >= 0.3 is 0 Å². The van der Waals surface area contributed by atoms with Crippen molar-refractivity contribution in [1.82, 2.24) is 15.5 Å². The molecule has 2 N–H and O–H groups in total. The predicted molar refractivity (Wildman–Crippen MR) is 89.4 cm³/mol. The van der Waals surface area contributed by atoms with Crippen LogP contribution in [0.25, 0.3) is 0 Å². The van der Waals surface area contributed by atoms with E-state index in [4.69, 9.17) is 0 Å². The van der Waals surface area contributed by atoms with E-state index in [1.54, 1.807) is 0 Å². The van der Waals surface area contributed by atoms with Crippen molar-refractivity contribution in [2.24, 2.45) is 5.92 Å². The molecule has 2 atom stereocenters. The molecule has 1 amide bonds. The maximum atomic E-state index is 12.2. The fourth-order valence-electron chi connectivity index (χ4n) is 3.05. The monoisotopic (exact) mass is 297 g/mol. The lowest BCUT2D eigenvalue weighted by molar-refractivity contribution is -0.123. The molecule has 1 rings (SSSR count). The van der Waals surface area contributed by atoms with Crippen LogP contribution in [0.2, 0.25) is 0 Å². The highest BCUT2D eigenvalue weighted by Gasteiger charge is 2.24. The molecule has 0 aliphatic carbocycles. The number of carbonyl (C=O) groups is 1. The number of amides is 1. The Bertz CT molecular complexity index is 294. The number of carbonyl (C=O) groups excluding carboxylic acids is 1. The van der Waals surface area contributed by atoms with E-state index in [1.807, 2.05) is 0 Å². The van der Waals surface area contributed by atoms with E-state index in [9.17, 15) is 4.79 Å². The molecule has 1 aliphatic rings. The van der Waals surface area contributed by atoms with Crippen molar-refractivity contribution >= 4 is 5.91 Å². The van der Waals surface area contributed by atoms with Crippen LogP contribution >= 0.6 is 0 Å². The van der Waals surface area contributed by atoms with Crippen molar-refractivity contribution in [3.63, 3.8) is 0 Å². The number of hydrogen-bond acceptors (Lipinski definition) is 3. The summed E-state index contributed by atoms with van der Waals surface area (Å²) in [4.78, 5) is 14.5. The summed E-state index contributed by atoms with van der Waals surface area (Å²) in [5, 5.41) is 6.67. The van der Waals surface area contributed by atoms with Crippen LogP contribution in [0.4, 0.5) is 0 Å². The third kappa shape index (κ3) is 7.82. The van der Waals surface area contributed by atoms with Crippen LogP contribution in [0.1, 0.15) is 59.8 Å². The lowest BCUT2D eigenvalue weighted by Crippen LogP contribution is -2.50. The van der Waals surface area contributed by atoms with Gasteiger partial charge in [-0.05, 0) is 45.2 Å². The van der Waals surface area contributed by atoms with Gasteiger partial charge in [-0.15, -0.1) is 0 Å². The van der Waals surface area contributed by atoms with Gasteiger partial charge in [0.2, 0.25) is 5.91 Å². The van der Waals surface area contributed by atoms with Gasteiger partial charge in [0.25, 0.3) is 0 Å². The summed E-state index contributed by atoms with van der Waals surface area (Å²) in [7, 11) is 0. The predicted octanol–water partition coefficient (Wildman–Crippen LogP) is 2.39. The zero-order valence-electron chi connectivity index (χ0n) is 14.5. The molecule has 21 heavy (non-hydrogen) atoms. The van der Waals surface area contributed by atoms with Crippen LogP contribution in [0, 0.1) is 5.92 Å². The lowest BCUT2D eigenvalue weighted by Gasteiger charge is -2.35. The van der Waals surface area contributed by atoms with Crippen LogP contribution in [0.5, 0.6) is 0 Å². The summed E-state index contributed by atoms with van der Waals surface area (Å²) < 4.78 is 0. The van der Waals surface area contributed by atoms with Crippen LogP contribution in [0.15, 0.2) is 0 Å². The topological polar surface area (TPSA) is 44.4 Å². The molecule has 0 aromatic carbocycles. The second-order valence-corrected chi connectivity index (χ2v) is 6.93. The minimum atomic E-state index is 0.187. The van der Waals surface area contributed by atoms with Gasteiger partial charge in [-0.1, -0.05) is 33.6 Å². The molecule has 2 unspecified atom stereocenters. The zero-order valence-corrected chi connectivity index (χ0v) is 14.5. The lowest BCUT2D eigenvalue weighted by atomic mass is 10.0. The van der Waals surface area contributed by atoms with Crippen molar-refractivity contribution in [3.05, 3.63) is 0 Å². The largest absolute Gasteiger partial charge is 0.353 e. The Kier molecular flexibility index (Phi) is 8.93. The van der Waals surface area contributed by atoms with Crippen molar-refractivity contribution in [2.45, 2.75) is 71.9 Å². The summed E-state index contributed by atoms with van der Waals surface area (Å²) >= 11 is 0. The van der Waals surface area contributed by atoms with Crippen LogP contribution in [-0.4, -0.2) is 49.1 Å². The summed E-state index contributed by atoms with van der Waals surface area (Å²) in [5.41, 5.74) is 0. The molecule has 0 aromatic heterocycles. The van der Waals surface area contributed by atoms with Crippen molar-refractivity contribution in [2.75, 3.05) is 26.2 Å². The molecular weight excluding hydrogens is 262 g/mol. The second-order valence-electron chi connectivity index (χ2n) is 6.93. The number of rotatable bonds is 9. The van der Waals surface area contributed by atoms with Gasteiger partial charge in [-0.25, -0.2) is 0 Å². The molecule has 0 saturated carbocycles. The molecule has 0 aromatic rings. The van der Waals surface area contributed by atoms with E-state index in [0.717, 1.165) is 32.5 Å². The fourth-order valence-corrected chi connectivity index (χ4v) is 3.05. The average Bonchev–Trinajstić information content (AvgIpc) is 2.40. The molecule has 4 heteroatoms. The van der Waals surface area contributed by atoms with Crippen LogP contribution < -0.4 is 10.6 Å². The summed E-state index contributed by atoms with van der Waals surface area (Å²) in [6.07, 6.45) is 5.90. The summed E-state index contributed by atoms with van der Waals surface area (Å²) in [6, 6.07) is 0.814. The van der Waals surface area contributed by atoms with Gasteiger partial charge < -0.3 is 10.6 Å². The van der Waals surface area contributed by atoms with Gasteiger partial charge in [-0.2, -0.15) is 0 Å². The first-order chi connectivity index (χ1) is 10.0. The van der Waals surface area contributed by atoms with E-state index in [2.05, 4.69) is 43.2 Å². The number of likely N-dealkylation sites (tertiary alicyclic amines) is 1. The molecule has 1 heterocycles. The molecule has 0 bridgehead atoms. The SMILES string of the molecule is CCCC(C)NC(=O)CN1CCCCC1CNCC(C)C. The van der Waals surface area contributed by atoms with E-state index in [-0.39, 0.29) is 5.91 Å². The zero-order chi connectivity index (χ0) is 15.7. The maximum absolute atomic E-state index is 12.2. The Morgan fingerprint density at radius 2 is 2.05 bits per heavy atom. The Morgan fingerprint density at radius 3 is 2.71 bits per heavy atom. The van der Waals surface area contributed by atoms with Crippen molar-refractivity contribution in [1.29, 1.82) is 0 Å². The van der Waals surface area contributed by atoms with Crippen molar-refractivity contribution < 1.29 is 4.79 Å². The summed E-state index contributed by atoms with van der Waals surface area (Å²) in [5.74, 6) is 0.868. The Balaban J connectivity index is 2.36. The highest BCUT2D eigenvalue weighted by molar-refractivity contribution is 5.78.